The molecule has 7 heteroatoms. The Balaban J connectivity index is 1.71. The van der Waals surface area contributed by atoms with Crippen molar-refractivity contribution < 1.29 is 14.0 Å². The summed E-state index contributed by atoms with van der Waals surface area (Å²) in [4.78, 5) is 28.5. The smallest absolute Gasteiger partial charge is 0.258 e. The highest BCUT2D eigenvalue weighted by molar-refractivity contribution is 6.33. The van der Waals surface area contributed by atoms with Crippen LogP contribution in [0.25, 0.3) is 0 Å². The van der Waals surface area contributed by atoms with Gasteiger partial charge in [0.1, 0.15) is 5.82 Å². The highest BCUT2D eigenvalue weighted by atomic mass is 35.5. The molecule has 1 aromatic heterocycles. The maximum Gasteiger partial charge on any atom is 0.258 e. The summed E-state index contributed by atoms with van der Waals surface area (Å²) in [6, 6.07) is 5.97. The van der Waals surface area contributed by atoms with E-state index in [4.69, 9.17) is 11.6 Å². The van der Waals surface area contributed by atoms with Gasteiger partial charge in [0.25, 0.3) is 11.8 Å². The Labute approximate surface area is 150 Å². The molecule has 0 N–H and O–H groups in total. The van der Waals surface area contributed by atoms with Gasteiger partial charge in [0.15, 0.2) is 0 Å². The van der Waals surface area contributed by atoms with Crippen LogP contribution in [-0.4, -0.2) is 52.4 Å². The molecule has 2 amide bonds. The molecule has 0 unspecified atom stereocenters. The highest BCUT2D eigenvalue weighted by Gasteiger charge is 2.26. The molecule has 1 aliphatic rings. The predicted molar refractivity (Wildman–Crippen MR) is 93.2 cm³/mol. The zero-order valence-corrected chi connectivity index (χ0v) is 14.7. The average Bonchev–Trinajstić information content (AvgIpc) is 2.87. The average molecular weight is 364 g/mol. The lowest BCUT2D eigenvalue weighted by Crippen LogP contribution is -2.37. The highest BCUT2D eigenvalue weighted by Crippen LogP contribution is 2.21. The normalized spacial score (nSPS) is 15.2. The van der Waals surface area contributed by atoms with Crippen LogP contribution in [-0.2, 0) is 7.05 Å². The predicted octanol–water partition coefficient (Wildman–Crippen LogP) is 2.81. The van der Waals surface area contributed by atoms with E-state index in [1.165, 1.54) is 18.2 Å². The first-order chi connectivity index (χ1) is 12.0. The molecule has 1 saturated heterocycles. The number of amides is 2. The van der Waals surface area contributed by atoms with Crippen LogP contribution in [0.3, 0.4) is 0 Å². The van der Waals surface area contributed by atoms with Gasteiger partial charge in [0.2, 0.25) is 0 Å². The first-order valence-electron chi connectivity index (χ1n) is 8.12. The molecule has 1 aromatic carbocycles. The number of carbonyl (C=O) groups excluding carboxylic acids is 2. The van der Waals surface area contributed by atoms with Crippen molar-refractivity contribution in [2.45, 2.75) is 6.42 Å². The van der Waals surface area contributed by atoms with Crippen LogP contribution in [0.4, 0.5) is 4.39 Å². The Morgan fingerprint density at radius 2 is 1.72 bits per heavy atom. The third-order valence-corrected chi connectivity index (χ3v) is 4.64. The van der Waals surface area contributed by atoms with E-state index < -0.39 is 11.7 Å². The van der Waals surface area contributed by atoms with Gasteiger partial charge in [-0.2, -0.15) is 0 Å². The lowest BCUT2D eigenvalue weighted by atomic mass is 10.1. The van der Waals surface area contributed by atoms with E-state index in [-0.39, 0.29) is 16.5 Å². The van der Waals surface area contributed by atoms with Gasteiger partial charge in [0, 0.05) is 45.6 Å². The quantitative estimate of drug-likeness (QED) is 0.823. The van der Waals surface area contributed by atoms with Gasteiger partial charge in [-0.25, -0.2) is 4.39 Å². The number of benzene rings is 1. The molecule has 0 aliphatic carbocycles. The summed E-state index contributed by atoms with van der Waals surface area (Å²) in [6.07, 6.45) is 4.23. The van der Waals surface area contributed by atoms with E-state index >= 15 is 0 Å². The maximum absolute atomic E-state index is 14.0. The number of rotatable bonds is 2. The fourth-order valence-corrected chi connectivity index (χ4v) is 3.24. The summed E-state index contributed by atoms with van der Waals surface area (Å²) in [5.41, 5.74) is 0.520. The Bertz CT molecular complexity index is 785. The molecule has 5 nitrogen and oxygen atoms in total. The fraction of sp³-hybridized carbons (Fsp3) is 0.333. The van der Waals surface area contributed by atoms with Crippen molar-refractivity contribution in [3.8, 4) is 0 Å². The van der Waals surface area contributed by atoms with Crippen molar-refractivity contribution in [2.75, 3.05) is 26.2 Å². The van der Waals surface area contributed by atoms with E-state index in [0.717, 1.165) is 0 Å². The second kappa shape index (κ2) is 7.27. The summed E-state index contributed by atoms with van der Waals surface area (Å²) >= 11 is 5.99. The largest absolute Gasteiger partial charge is 0.356 e. The van der Waals surface area contributed by atoms with Crippen molar-refractivity contribution in [3.63, 3.8) is 0 Å². The number of hydrogen-bond donors (Lipinski definition) is 0. The molecule has 0 saturated carbocycles. The van der Waals surface area contributed by atoms with Crippen LogP contribution in [0.5, 0.6) is 0 Å². The minimum absolute atomic E-state index is 0.0566. The topological polar surface area (TPSA) is 45.6 Å². The SMILES string of the molecule is Cn1ccc(C(=O)N2CCCN(C(=O)c3c(F)cccc3Cl)CC2)c1. The third-order valence-electron chi connectivity index (χ3n) is 4.33. The number of nitrogens with zero attached hydrogens (tertiary/aromatic N) is 3. The number of hydrogen-bond acceptors (Lipinski definition) is 2. The maximum atomic E-state index is 14.0. The monoisotopic (exact) mass is 363 g/mol. The Morgan fingerprint density at radius 3 is 2.32 bits per heavy atom. The third kappa shape index (κ3) is 3.69. The summed E-state index contributed by atoms with van der Waals surface area (Å²) in [7, 11) is 1.86. The summed E-state index contributed by atoms with van der Waals surface area (Å²) in [6.45, 7) is 1.78. The lowest BCUT2D eigenvalue weighted by Gasteiger charge is -2.22. The van der Waals surface area contributed by atoms with Crippen LogP contribution < -0.4 is 0 Å². The molecule has 0 bridgehead atoms. The zero-order valence-electron chi connectivity index (χ0n) is 13.9. The molecule has 1 aliphatic heterocycles. The van der Waals surface area contributed by atoms with E-state index in [9.17, 15) is 14.0 Å². The van der Waals surface area contributed by atoms with Crippen molar-refractivity contribution in [1.82, 2.24) is 14.4 Å². The van der Waals surface area contributed by atoms with Gasteiger partial charge < -0.3 is 14.4 Å². The van der Waals surface area contributed by atoms with Crippen molar-refractivity contribution >= 4 is 23.4 Å². The first-order valence-corrected chi connectivity index (χ1v) is 8.49. The molecule has 25 heavy (non-hydrogen) atoms. The van der Waals surface area contributed by atoms with Crippen LogP contribution in [0, 0.1) is 5.82 Å². The molecule has 1 fully saturated rings. The standard InChI is InChI=1S/C18H19ClFN3O2/c1-21-9-6-13(12-21)17(24)22-7-3-8-23(11-10-22)18(25)16-14(19)4-2-5-15(16)20/h2,4-6,9,12H,3,7-8,10-11H2,1H3. The van der Waals surface area contributed by atoms with Gasteiger partial charge in [-0.05, 0) is 24.6 Å². The molecular formula is C18H19ClFN3O2. The Kier molecular flexibility index (Phi) is 5.08. The molecule has 0 atom stereocenters. The summed E-state index contributed by atoms with van der Waals surface area (Å²) < 4.78 is 15.8. The van der Waals surface area contributed by atoms with E-state index in [1.807, 2.05) is 17.8 Å². The van der Waals surface area contributed by atoms with Crippen LogP contribution in [0.2, 0.25) is 5.02 Å². The van der Waals surface area contributed by atoms with Gasteiger partial charge >= 0.3 is 0 Å². The van der Waals surface area contributed by atoms with E-state index in [2.05, 4.69) is 0 Å². The number of aromatic nitrogens is 1. The van der Waals surface area contributed by atoms with Gasteiger partial charge in [-0.1, -0.05) is 17.7 Å². The minimum atomic E-state index is -0.626. The Hall–Kier alpha value is -2.34. The molecule has 2 aromatic rings. The number of aryl methyl sites for hydroxylation is 1. The van der Waals surface area contributed by atoms with Crippen molar-refractivity contribution in [3.05, 3.63) is 58.6 Å². The lowest BCUT2D eigenvalue weighted by molar-refractivity contribution is 0.0716. The molecule has 132 valence electrons. The van der Waals surface area contributed by atoms with Gasteiger partial charge in [0.05, 0.1) is 16.1 Å². The second-order valence-electron chi connectivity index (χ2n) is 6.10. The van der Waals surface area contributed by atoms with E-state index in [0.29, 0.717) is 38.2 Å². The molecule has 0 spiro atoms. The van der Waals surface area contributed by atoms with Crippen molar-refractivity contribution in [2.24, 2.45) is 7.05 Å². The Morgan fingerprint density at radius 1 is 1.04 bits per heavy atom. The molecule has 2 heterocycles. The fourth-order valence-electron chi connectivity index (χ4n) is 3.00. The van der Waals surface area contributed by atoms with Gasteiger partial charge in [-0.15, -0.1) is 0 Å². The van der Waals surface area contributed by atoms with Crippen LogP contribution in [0.15, 0.2) is 36.7 Å². The summed E-state index contributed by atoms with van der Waals surface area (Å²) in [5.74, 6) is -1.12. The van der Waals surface area contributed by atoms with Crippen molar-refractivity contribution in [1.29, 1.82) is 0 Å². The van der Waals surface area contributed by atoms with Crippen LogP contribution >= 0.6 is 11.6 Å². The zero-order chi connectivity index (χ0) is 18.0. The number of carbonyl (C=O) groups is 2. The van der Waals surface area contributed by atoms with Crippen LogP contribution in [0.1, 0.15) is 27.1 Å². The van der Waals surface area contributed by atoms with E-state index in [1.54, 1.807) is 22.1 Å². The minimum Gasteiger partial charge on any atom is -0.356 e. The molecule has 3 rings (SSSR count). The molecule has 0 radical (unpaired) electrons. The molecular weight excluding hydrogens is 345 g/mol. The summed E-state index contributed by atoms with van der Waals surface area (Å²) in [5, 5.41) is 0.103. The second-order valence-corrected chi connectivity index (χ2v) is 6.51. The van der Waals surface area contributed by atoms with Gasteiger partial charge in [-0.3, -0.25) is 9.59 Å². The number of halogens is 2. The first kappa shape index (κ1) is 17.5.